The number of carbonyl (C=O) groups excluding carboxylic acids is 1. The molecule has 88 valence electrons. The number of hydrogen-bond donors (Lipinski definition) is 1. The molecule has 0 saturated heterocycles. The molecule has 0 aliphatic heterocycles. The lowest BCUT2D eigenvalue weighted by molar-refractivity contribution is 0.0786. The summed E-state index contributed by atoms with van der Waals surface area (Å²) in [6.45, 7) is 0.610. The molecule has 0 aromatic carbocycles. The zero-order valence-electron chi connectivity index (χ0n) is 9.46. The lowest BCUT2D eigenvalue weighted by atomic mass is 10.2. The number of nitrogens with zero attached hydrogens (tertiary/aromatic N) is 2. The van der Waals surface area contributed by atoms with Crippen LogP contribution in [-0.2, 0) is 6.54 Å². The summed E-state index contributed by atoms with van der Waals surface area (Å²) >= 11 is 1.64. The fourth-order valence-corrected chi connectivity index (χ4v) is 2.27. The van der Waals surface area contributed by atoms with Crippen molar-refractivity contribution in [3.63, 3.8) is 0 Å². The fraction of sp³-hybridized carbons (Fsp3) is 0.167. The highest BCUT2D eigenvalue weighted by molar-refractivity contribution is 7.09. The van der Waals surface area contributed by atoms with E-state index in [2.05, 4.69) is 4.98 Å². The van der Waals surface area contributed by atoms with Crippen molar-refractivity contribution < 1.29 is 4.79 Å². The highest BCUT2D eigenvalue weighted by Crippen LogP contribution is 2.13. The lowest BCUT2D eigenvalue weighted by Crippen LogP contribution is -2.25. The number of anilines is 1. The zero-order valence-corrected chi connectivity index (χ0v) is 10.3. The van der Waals surface area contributed by atoms with E-state index in [0.29, 0.717) is 17.9 Å². The van der Waals surface area contributed by atoms with Gasteiger partial charge in [-0.15, -0.1) is 11.3 Å². The first kappa shape index (κ1) is 11.6. The molecule has 0 saturated carbocycles. The second kappa shape index (κ2) is 4.97. The number of carbonyl (C=O) groups is 1. The monoisotopic (exact) mass is 247 g/mol. The van der Waals surface area contributed by atoms with Crippen LogP contribution in [0.2, 0.25) is 0 Å². The van der Waals surface area contributed by atoms with Gasteiger partial charge in [-0.3, -0.25) is 4.79 Å². The Hall–Kier alpha value is -1.88. The first-order valence-corrected chi connectivity index (χ1v) is 6.04. The molecule has 2 N–H and O–H groups in total. The Bertz CT molecular complexity index is 510. The van der Waals surface area contributed by atoms with Gasteiger partial charge < -0.3 is 10.6 Å². The van der Waals surface area contributed by atoms with E-state index in [9.17, 15) is 4.79 Å². The molecule has 1 amide bonds. The fourth-order valence-electron chi connectivity index (χ4n) is 1.51. The van der Waals surface area contributed by atoms with Gasteiger partial charge >= 0.3 is 0 Å². The van der Waals surface area contributed by atoms with Crippen LogP contribution in [0.4, 0.5) is 5.82 Å². The van der Waals surface area contributed by atoms with E-state index >= 15 is 0 Å². The number of nitrogen functional groups attached to an aromatic ring is 1. The Morgan fingerprint density at radius 1 is 1.53 bits per heavy atom. The van der Waals surface area contributed by atoms with Crippen LogP contribution in [0.3, 0.4) is 0 Å². The standard InChI is InChI=1S/C12H13N3OS/c1-15(8-10-3-2-6-17-10)12(16)9-4-5-14-11(13)7-9/h2-7H,8H2,1H3,(H2,13,14). The minimum absolute atomic E-state index is 0.0486. The van der Waals surface area contributed by atoms with Crippen LogP contribution in [0.5, 0.6) is 0 Å². The van der Waals surface area contributed by atoms with Crippen LogP contribution in [0.1, 0.15) is 15.2 Å². The normalized spacial score (nSPS) is 10.2. The van der Waals surface area contributed by atoms with Crippen LogP contribution in [-0.4, -0.2) is 22.8 Å². The van der Waals surface area contributed by atoms with Crippen molar-refractivity contribution in [3.8, 4) is 0 Å². The van der Waals surface area contributed by atoms with Crippen molar-refractivity contribution in [2.45, 2.75) is 6.54 Å². The molecule has 2 heterocycles. The molecule has 4 nitrogen and oxygen atoms in total. The second-order valence-electron chi connectivity index (χ2n) is 3.71. The third kappa shape index (κ3) is 2.82. The molecular formula is C12H13N3OS. The number of nitrogens with two attached hydrogens (primary N) is 1. The molecule has 0 spiro atoms. The van der Waals surface area contributed by atoms with Crippen molar-refractivity contribution in [2.24, 2.45) is 0 Å². The largest absolute Gasteiger partial charge is 0.384 e. The molecule has 0 aliphatic carbocycles. The molecule has 0 radical (unpaired) electrons. The molecule has 2 rings (SSSR count). The summed E-state index contributed by atoms with van der Waals surface area (Å²) in [6, 6.07) is 7.25. The molecule has 5 heteroatoms. The molecule has 0 bridgehead atoms. The molecule has 0 aliphatic rings. The molecular weight excluding hydrogens is 234 g/mol. The topological polar surface area (TPSA) is 59.2 Å². The quantitative estimate of drug-likeness (QED) is 0.902. The summed E-state index contributed by atoms with van der Waals surface area (Å²) in [7, 11) is 1.78. The number of pyridine rings is 1. The van der Waals surface area contributed by atoms with Crippen molar-refractivity contribution >= 4 is 23.1 Å². The lowest BCUT2D eigenvalue weighted by Gasteiger charge is -2.16. The molecule has 2 aromatic heterocycles. The third-order valence-electron chi connectivity index (χ3n) is 2.35. The molecule has 0 fully saturated rings. The summed E-state index contributed by atoms with van der Waals surface area (Å²) < 4.78 is 0. The van der Waals surface area contributed by atoms with Crippen LogP contribution in [0, 0.1) is 0 Å². The minimum Gasteiger partial charge on any atom is -0.384 e. The van der Waals surface area contributed by atoms with Crippen molar-refractivity contribution in [2.75, 3.05) is 12.8 Å². The average molecular weight is 247 g/mol. The minimum atomic E-state index is -0.0486. The Balaban J connectivity index is 2.09. The van der Waals surface area contributed by atoms with Crippen LogP contribution in [0.25, 0.3) is 0 Å². The van der Waals surface area contributed by atoms with Gasteiger partial charge in [-0.2, -0.15) is 0 Å². The van der Waals surface area contributed by atoms with Crippen LogP contribution < -0.4 is 5.73 Å². The Labute approximate surface area is 104 Å². The summed E-state index contributed by atoms with van der Waals surface area (Å²) in [5, 5.41) is 2.00. The Kier molecular flexibility index (Phi) is 3.39. The van der Waals surface area contributed by atoms with Crippen molar-refractivity contribution in [3.05, 3.63) is 46.3 Å². The number of thiophene rings is 1. The summed E-state index contributed by atoms with van der Waals surface area (Å²) in [5.41, 5.74) is 6.12. The average Bonchev–Trinajstić information content (AvgIpc) is 2.80. The molecule has 17 heavy (non-hydrogen) atoms. The van der Waals surface area contributed by atoms with E-state index in [4.69, 9.17) is 5.73 Å². The summed E-state index contributed by atoms with van der Waals surface area (Å²) in [6.07, 6.45) is 1.54. The van der Waals surface area contributed by atoms with Crippen LogP contribution >= 0.6 is 11.3 Å². The highest BCUT2D eigenvalue weighted by Gasteiger charge is 2.12. The second-order valence-corrected chi connectivity index (χ2v) is 4.74. The maximum Gasteiger partial charge on any atom is 0.254 e. The maximum atomic E-state index is 12.1. The molecule has 0 unspecified atom stereocenters. The van der Waals surface area contributed by atoms with Gasteiger partial charge in [0.1, 0.15) is 5.82 Å². The van der Waals surface area contributed by atoms with E-state index < -0.39 is 0 Å². The number of rotatable bonds is 3. The van der Waals surface area contributed by atoms with Crippen molar-refractivity contribution in [1.29, 1.82) is 0 Å². The van der Waals surface area contributed by atoms with E-state index in [1.54, 1.807) is 41.6 Å². The van der Waals surface area contributed by atoms with Gasteiger partial charge in [-0.1, -0.05) is 6.07 Å². The maximum absolute atomic E-state index is 12.1. The Morgan fingerprint density at radius 2 is 2.35 bits per heavy atom. The Morgan fingerprint density at radius 3 is 3.00 bits per heavy atom. The SMILES string of the molecule is CN(Cc1cccs1)C(=O)c1ccnc(N)c1. The van der Waals surface area contributed by atoms with Gasteiger partial charge in [0.25, 0.3) is 5.91 Å². The van der Waals surface area contributed by atoms with E-state index in [1.807, 2.05) is 17.5 Å². The number of hydrogen-bond acceptors (Lipinski definition) is 4. The van der Waals surface area contributed by atoms with Gasteiger partial charge in [0.15, 0.2) is 0 Å². The molecule has 0 atom stereocenters. The van der Waals surface area contributed by atoms with Gasteiger partial charge in [0.05, 0.1) is 6.54 Å². The zero-order chi connectivity index (χ0) is 12.3. The number of aromatic nitrogens is 1. The van der Waals surface area contributed by atoms with Gasteiger partial charge in [-0.25, -0.2) is 4.98 Å². The van der Waals surface area contributed by atoms with E-state index in [1.165, 1.54) is 0 Å². The third-order valence-corrected chi connectivity index (χ3v) is 3.21. The van der Waals surface area contributed by atoms with Gasteiger partial charge in [0.2, 0.25) is 0 Å². The first-order valence-electron chi connectivity index (χ1n) is 5.16. The summed E-state index contributed by atoms with van der Waals surface area (Å²) in [5.74, 6) is 0.313. The molecule has 2 aromatic rings. The van der Waals surface area contributed by atoms with Crippen LogP contribution in [0.15, 0.2) is 35.8 Å². The van der Waals surface area contributed by atoms with Crippen molar-refractivity contribution in [1.82, 2.24) is 9.88 Å². The smallest absolute Gasteiger partial charge is 0.254 e. The predicted molar refractivity (Wildman–Crippen MR) is 68.8 cm³/mol. The highest BCUT2D eigenvalue weighted by atomic mass is 32.1. The van der Waals surface area contributed by atoms with E-state index in [-0.39, 0.29) is 5.91 Å². The summed E-state index contributed by atoms with van der Waals surface area (Å²) in [4.78, 5) is 18.8. The number of amides is 1. The van der Waals surface area contributed by atoms with Gasteiger partial charge in [0, 0.05) is 23.7 Å². The van der Waals surface area contributed by atoms with E-state index in [0.717, 1.165) is 4.88 Å². The predicted octanol–water partition coefficient (Wildman–Crippen LogP) is 2.00. The first-order chi connectivity index (χ1) is 8.16. The van der Waals surface area contributed by atoms with Gasteiger partial charge in [-0.05, 0) is 23.6 Å².